The highest BCUT2D eigenvalue weighted by Gasteiger charge is 2.23. The Bertz CT molecular complexity index is 1200. The molecule has 1 aliphatic rings. The van der Waals surface area contributed by atoms with Crippen molar-refractivity contribution in [2.75, 3.05) is 18.5 Å². The summed E-state index contributed by atoms with van der Waals surface area (Å²) in [6.07, 6.45) is 1.57. The summed E-state index contributed by atoms with van der Waals surface area (Å²) in [5.41, 5.74) is 0.960. The summed E-state index contributed by atoms with van der Waals surface area (Å²) < 4.78 is 33.4. The van der Waals surface area contributed by atoms with E-state index < -0.39 is 15.9 Å². The Morgan fingerprint density at radius 1 is 1.32 bits per heavy atom. The van der Waals surface area contributed by atoms with Gasteiger partial charge in [-0.2, -0.15) is 0 Å². The number of nitrogens with zero attached hydrogens (tertiary/aromatic N) is 1. The molecule has 1 atom stereocenters. The van der Waals surface area contributed by atoms with E-state index in [2.05, 4.69) is 15.0 Å². The molecule has 11 heteroatoms. The molecule has 4 rings (SSSR count). The summed E-state index contributed by atoms with van der Waals surface area (Å²) in [5, 5.41) is 5.07. The first kappa shape index (κ1) is 22.4. The maximum absolute atomic E-state index is 12.7. The van der Waals surface area contributed by atoms with E-state index >= 15 is 0 Å². The van der Waals surface area contributed by atoms with Crippen molar-refractivity contribution in [2.24, 2.45) is 0 Å². The number of hydrogen-bond donors (Lipinski definition) is 2. The van der Waals surface area contributed by atoms with Crippen LogP contribution in [0.15, 0.2) is 40.6 Å². The Labute approximate surface area is 193 Å². The average Bonchev–Trinajstić information content (AvgIpc) is 3.48. The molecule has 0 aliphatic carbocycles. The number of hydrogen-bond acceptors (Lipinski definition) is 7. The average molecular weight is 498 g/mol. The molecule has 31 heavy (non-hydrogen) atoms. The van der Waals surface area contributed by atoms with Gasteiger partial charge in [0.15, 0.2) is 5.13 Å². The van der Waals surface area contributed by atoms with Crippen molar-refractivity contribution in [3.63, 3.8) is 0 Å². The summed E-state index contributed by atoms with van der Waals surface area (Å²) in [6.45, 7) is 2.82. The lowest BCUT2D eigenvalue weighted by Gasteiger charge is -2.13. The smallest absolute Gasteiger partial charge is 0.257 e. The highest BCUT2D eigenvalue weighted by molar-refractivity contribution is 7.89. The van der Waals surface area contributed by atoms with Crippen LogP contribution in [0.2, 0.25) is 5.02 Å². The van der Waals surface area contributed by atoms with Crippen molar-refractivity contribution in [2.45, 2.75) is 30.8 Å². The second-order valence-electron chi connectivity index (χ2n) is 7.03. The largest absolute Gasteiger partial charge is 0.377 e. The predicted molar refractivity (Wildman–Crippen MR) is 124 cm³/mol. The number of aromatic nitrogens is 1. The van der Waals surface area contributed by atoms with Crippen LogP contribution < -0.4 is 10.0 Å². The Hall–Kier alpha value is -1.82. The Kier molecular flexibility index (Phi) is 6.75. The van der Waals surface area contributed by atoms with Gasteiger partial charge in [0.2, 0.25) is 10.0 Å². The van der Waals surface area contributed by atoms with Crippen molar-refractivity contribution < 1.29 is 17.9 Å². The number of halogens is 1. The molecule has 3 aromatic rings. The molecule has 3 heterocycles. The molecular weight excluding hydrogens is 478 g/mol. The number of benzene rings is 1. The molecule has 1 fully saturated rings. The third kappa shape index (κ3) is 5.33. The minimum atomic E-state index is -3.89. The van der Waals surface area contributed by atoms with E-state index in [1.165, 1.54) is 34.4 Å². The van der Waals surface area contributed by atoms with Gasteiger partial charge in [0.25, 0.3) is 5.91 Å². The zero-order chi connectivity index (χ0) is 22.0. The fourth-order valence-electron chi connectivity index (χ4n) is 3.12. The zero-order valence-corrected chi connectivity index (χ0v) is 19.8. The normalized spacial score (nSPS) is 16.5. The van der Waals surface area contributed by atoms with Gasteiger partial charge >= 0.3 is 0 Å². The predicted octanol–water partition coefficient (Wildman–Crippen LogP) is 4.54. The summed E-state index contributed by atoms with van der Waals surface area (Å²) in [5.74, 6) is -0.462. The molecule has 0 spiro atoms. The molecule has 2 N–H and O–H groups in total. The molecule has 7 nitrogen and oxygen atoms in total. The molecule has 164 valence electrons. The van der Waals surface area contributed by atoms with Crippen molar-refractivity contribution >= 4 is 55.3 Å². The summed E-state index contributed by atoms with van der Waals surface area (Å²) in [6, 6.07) is 8.15. The first-order chi connectivity index (χ1) is 14.8. The first-order valence-corrected chi connectivity index (χ1v) is 13.1. The van der Waals surface area contributed by atoms with Gasteiger partial charge in [-0.25, -0.2) is 18.1 Å². The number of carbonyl (C=O) groups is 1. The van der Waals surface area contributed by atoms with Gasteiger partial charge in [0.05, 0.1) is 21.7 Å². The van der Waals surface area contributed by atoms with E-state index in [0.29, 0.717) is 11.7 Å². The van der Waals surface area contributed by atoms with Gasteiger partial charge < -0.3 is 4.74 Å². The summed E-state index contributed by atoms with van der Waals surface area (Å²) in [4.78, 5) is 19.2. The van der Waals surface area contributed by atoms with E-state index in [4.69, 9.17) is 16.3 Å². The van der Waals surface area contributed by atoms with E-state index in [9.17, 15) is 13.2 Å². The Morgan fingerprint density at radius 2 is 2.16 bits per heavy atom. The van der Waals surface area contributed by atoms with Gasteiger partial charge in [-0.3, -0.25) is 10.1 Å². The highest BCUT2D eigenvalue weighted by Crippen LogP contribution is 2.31. The van der Waals surface area contributed by atoms with Crippen molar-refractivity contribution in [1.82, 2.24) is 9.71 Å². The van der Waals surface area contributed by atoms with Crippen molar-refractivity contribution in [3.05, 3.63) is 51.2 Å². The second kappa shape index (κ2) is 9.35. The third-order valence-electron chi connectivity index (χ3n) is 4.73. The first-order valence-electron chi connectivity index (χ1n) is 9.56. The number of carbonyl (C=O) groups excluding carboxylic acids is 1. The van der Waals surface area contributed by atoms with Crippen LogP contribution in [0.5, 0.6) is 0 Å². The van der Waals surface area contributed by atoms with Gasteiger partial charge in [0.1, 0.15) is 4.90 Å². The molecular formula is C20H20ClN3O4S3. The number of ether oxygens (including phenoxy) is 1. The number of nitrogens with one attached hydrogen (secondary N) is 2. The Balaban J connectivity index is 1.48. The SMILES string of the molecule is Cc1ccc(-c2csc(NC(=O)c3ccc(Cl)c(S(=O)(=O)NCC4CCCO4)c3)n2)s1. The van der Waals surface area contributed by atoms with Crippen LogP contribution >= 0.6 is 34.3 Å². The van der Waals surface area contributed by atoms with E-state index in [1.807, 2.05) is 24.4 Å². The maximum Gasteiger partial charge on any atom is 0.257 e. The minimum Gasteiger partial charge on any atom is -0.377 e. The van der Waals surface area contributed by atoms with Crippen LogP contribution in [0.3, 0.4) is 0 Å². The van der Waals surface area contributed by atoms with Crippen LogP contribution in [0, 0.1) is 6.92 Å². The summed E-state index contributed by atoms with van der Waals surface area (Å²) in [7, 11) is -3.89. The molecule has 1 amide bonds. The molecule has 2 aromatic heterocycles. The van der Waals surface area contributed by atoms with Crippen LogP contribution in [0.1, 0.15) is 28.1 Å². The molecule has 1 aliphatic heterocycles. The zero-order valence-electron chi connectivity index (χ0n) is 16.6. The molecule has 1 saturated heterocycles. The Morgan fingerprint density at radius 3 is 2.87 bits per heavy atom. The molecule has 1 unspecified atom stereocenters. The van der Waals surface area contributed by atoms with Crippen molar-refractivity contribution in [1.29, 1.82) is 0 Å². The van der Waals surface area contributed by atoms with Gasteiger partial charge in [-0.1, -0.05) is 11.6 Å². The summed E-state index contributed by atoms with van der Waals surface area (Å²) >= 11 is 9.05. The van der Waals surface area contributed by atoms with Crippen LogP contribution in [0.25, 0.3) is 10.6 Å². The van der Waals surface area contributed by atoms with Crippen LogP contribution in [0.4, 0.5) is 5.13 Å². The number of sulfonamides is 1. The van der Waals surface area contributed by atoms with E-state index in [1.54, 1.807) is 11.3 Å². The lowest BCUT2D eigenvalue weighted by molar-refractivity contribution is 0.102. The van der Waals surface area contributed by atoms with Crippen molar-refractivity contribution in [3.8, 4) is 10.6 Å². The standard InChI is InChI=1S/C20H20ClN3O4S3/c1-12-4-7-17(30-12)16-11-29-20(23-16)24-19(25)13-5-6-15(21)18(9-13)31(26,27)22-10-14-3-2-8-28-14/h4-7,9,11,14,22H,2-3,8,10H2,1H3,(H,23,24,25). The number of rotatable bonds is 7. The number of aryl methyl sites for hydroxylation is 1. The fourth-order valence-corrected chi connectivity index (χ4v) is 6.32. The van der Waals surface area contributed by atoms with Crippen LogP contribution in [-0.4, -0.2) is 38.6 Å². The number of thiophene rings is 1. The molecule has 0 saturated carbocycles. The number of amides is 1. The monoisotopic (exact) mass is 497 g/mol. The molecule has 0 bridgehead atoms. The minimum absolute atomic E-state index is 0.0426. The van der Waals surface area contributed by atoms with E-state index in [-0.39, 0.29) is 28.1 Å². The number of thiazole rings is 1. The lowest BCUT2D eigenvalue weighted by atomic mass is 10.2. The maximum atomic E-state index is 12.7. The van der Waals surface area contributed by atoms with Gasteiger partial charge in [0, 0.05) is 29.0 Å². The molecule has 1 aromatic carbocycles. The highest BCUT2D eigenvalue weighted by atomic mass is 35.5. The topological polar surface area (TPSA) is 97.4 Å². The third-order valence-corrected chi connectivity index (χ3v) is 8.41. The van der Waals surface area contributed by atoms with Crippen LogP contribution in [-0.2, 0) is 14.8 Å². The van der Waals surface area contributed by atoms with Gasteiger partial charge in [-0.15, -0.1) is 22.7 Å². The lowest BCUT2D eigenvalue weighted by Crippen LogP contribution is -2.32. The fraction of sp³-hybridized carbons (Fsp3) is 0.300. The second-order valence-corrected chi connectivity index (χ2v) is 11.3. The van der Waals surface area contributed by atoms with E-state index in [0.717, 1.165) is 23.4 Å². The quantitative estimate of drug-likeness (QED) is 0.499. The van der Waals surface area contributed by atoms with Gasteiger partial charge in [-0.05, 0) is 50.1 Å². The molecule has 0 radical (unpaired) electrons. The number of anilines is 1.